The highest BCUT2D eigenvalue weighted by Gasteiger charge is 2.26. The topological polar surface area (TPSA) is 29.5 Å². The summed E-state index contributed by atoms with van der Waals surface area (Å²) >= 11 is 0. The van der Waals surface area contributed by atoms with Crippen molar-refractivity contribution in [1.29, 1.82) is 0 Å². The zero-order valence-corrected chi connectivity index (χ0v) is 11.6. The second kappa shape index (κ2) is 6.79. The van der Waals surface area contributed by atoms with Crippen LogP contribution >= 0.6 is 0 Å². The van der Waals surface area contributed by atoms with Crippen molar-refractivity contribution in [3.63, 3.8) is 0 Å². The fourth-order valence-electron chi connectivity index (χ4n) is 2.70. The van der Waals surface area contributed by atoms with Gasteiger partial charge in [-0.2, -0.15) is 0 Å². The Bertz CT molecular complexity index is 453. The molecule has 1 aromatic rings. The van der Waals surface area contributed by atoms with E-state index in [2.05, 4.69) is 4.74 Å². The average molecular weight is 283 g/mol. The van der Waals surface area contributed by atoms with Crippen molar-refractivity contribution < 1.29 is 18.3 Å². The van der Waals surface area contributed by atoms with Crippen molar-refractivity contribution in [2.75, 3.05) is 13.7 Å². The van der Waals surface area contributed by atoms with Crippen LogP contribution in [0.3, 0.4) is 0 Å². The van der Waals surface area contributed by atoms with Gasteiger partial charge in [0, 0.05) is 18.2 Å². The molecule has 1 aromatic carbocycles. The quantitative estimate of drug-likeness (QED) is 0.778. The maximum Gasteiger partial charge on any atom is 0.319 e. The molecule has 20 heavy (non-hydrogen) atoms. The number of benzene rings is 1. The highest BCUT2D eigenvalue weighted by Crippen LogP contribution is 2.26. The van der Waals surface area contributed by atoms with Crippen LogP contribution in [0.4, 0.5) is 8.78 Å². The number of carbonyl (C=O) groups excluding carboxylic acids is 1. The van der Waals surface area contributed by atoms with Crippen molar-refractivity contribution >= 4 is 5.97 Å². The number of hydrogen-bond donors (Lipinski definition) is 0. The van der Waals surface area contributed by atoms with Crippen molar-refractivity contribution in [3.8, 4) is 0 Å². The molecule has 1 aliphatic rings. The Morgan fingerprint density at radius 2 is 1.90 bits per heavy atom. The number of carbonyl (C=O) groups is 1. The zero-order chi connectivity index (χ0) is 14.5. The molecule has 2 rings (SSSR count). The highest BCUT2D eigenvalue weighted by molar-refractivity contribution is 5.71. The lowest BCUT2D eigenvalue weighted by Gasteiger charge is -2.27. The molecule has 0 aromatic heterocycles. The van der Waals surface area contributed by atoms with Gasteiger partial charge in [0.2, 0.25) is 0 Å². The molecule has 0 spiro atoms. The number of esters is 1. The first-order valence-corrected chi connectivity index (χ1v) is 6.85. The summed E-state index contributed by atoms with van der Waals surface area (Å²) < 4.78 is 32.1. The largest absolute Gasteiger partial charge is 0.468 e. The molecule has 0 amide bonds. The van der Waals surface area contributed by atoms with Crippen molar-refractivity contribution in [3.05, 3.63) is 35.4 Å². The van der Waals surface area contributed by atoms with Gasteiger partial charge in [0.25, 0.3) is 0 Å². The van der Waals surface area contributed by atoms with Gasteiger partial charge in [-0.3, -0.25) is 9.69 Å². The molecule has 0 atom stereocenters. The number of methoxy groups -OCH3 is 1. The lowest BCUT2D eigenvalue weighted by molar-refractivity contribution is -0.142. The van der Waals surface area contributed by atoms with Crippen LogP contribution in [0, 0.1) is 11.6 Å². The van der Waals surface area contributed by atoms with E-state index in [0.29, 0.717) is 0 Å². The standard InChI is InChI=1S/C15H19F2NO2/c1-20-15(19)10-18(11-5-2-3-6-11)9-12-13(16)7-4-8-14(12)17/h4,7-8,11H,2-3,5-6,9-10H2,1H3. The smallest absolute Gasteiger partial charge is 0.319 e. The molecule has 0 heterocycles. The van der Waals surface area contributed by atoms with E-state index >= 15 is 0 Å². The molecule has 110 valence electrons. The SMILES string of the molecule is COC(=O)CN(Cc1c(F)cccc1F)C1CCCC1. The van der Waals surface area contributed by atoms with Crippen molar-refractivity contribution in [2.45, 2.75) is 38.3 Å². The van der Waals surface area contributed by atoms with Gasteiger partial charge in [0.15, 0.2) is 0 Å². The molecule has 0 bridgehead atoms. The Kier molecular flexibility index (Phi) is 5.06. The minimum Gasteiger partial charge on any atom is -0.468 e. The summed E-state index contributed by atoms with van der Waals surface area (Å²) in [6.07, 6.45) is 4.07. The molecule has 0 saturated heterocycles. The summed E-state index contributed by atoms with van der Waals surface area (Å²) in [6, 6.07) is 4.01. The molecule has 0 radical (unpaired) electrons. The normalized spacial score (nSPS) is 15.8. The number of nitrogens with zero attached hydrogens (tertiary/aromatic N) is 1. The zero-order valence-electron chi connectivity index (χ0n) is 11.6. The lowest BCUT2D eigenvalue weighted by Crippen LogP contribution is -2.38. The van der Waals surface area contributed by atoms with Crippen LogP contribution in [0.25, 0.3) is 0 Å². The van der Waals surface area contributed by atoms with Crippen molar-refractivity contribution in [1.82, 2.24) is 4.90 Å². The van der Waals surface area contributed by atoms with Gasteiger partial charge in [-0.15, -0.1) is 0 Å². The van der Waals surface area contributed by atoms with Crippen LogP contribution < -0.4 is 0 Å². The molecule has 1 saturated carbocycles. The molecule has 3 nitrogen and oxygen atoms in total. The second-order valence-electron chi connectivity index (χ2n) is 5.12. The van der Waals surface area contributed by atoms with E-state index in [9.17, 15) is 13.6 Å². The first kappa shape index (κ1) is 14.9. The number of halogens is 2. The van der Waals surface area contributed by atoms with Gasteiger partial charge in [-0.1, -0.05) is 18.9 Å². The van der Waals surface area contributed by atoms with Gasteiger partial charge < -0.3 is 4.74 Å². The molecular formula is C15H19F2NO2. The minimum atomic E-state index is -0.571. The Labute approximate surface area is 117 Å². The summed E-state index contributed by atoms with van der Waals surface area (Å²) in [4.78, 5) is 13.3. The van der Waals surface area contributed by atoms with Gasteiger partial charge in [-0.05, 0) is 25.0 Å². The van der Waals surface area contributed by atoms with Crippen LogP contribution in [0.5, 0.6) is 0 Å². The second-order valence-corrected chi connectivity index (χ2v) is 5.12. The molecule has 1 fully saturated rings. The third kappa shape index (κ3) is 3.54. The average Bonchev–Trinajstić information content (AvgIpc) is 2.95. The third-order valence-corrected chi connectivity index (χ3v) is 3.82. The highest BCUT2D eigenvalue weighted by atomic mass is 19.1. The summed E-state index contributed by atoms with van der Waals surface area (Å²) in [5.74, 6) is -1.52. The van der Waals surface area contributed by atoms with Crippen LogP contribution in [0.15, 0.2) is 18.2 Å². The first-order chi connectivity index (χ1) is 9.61. The van der Waals surface area contributed by atoms with Crippen LogP contribution in [0.2, 0.25) is 0 Å². The van der Waals surface area contributed by atoms with Crippen LogP contribution in [-0.2, 0) is 16.1 Å². The molecule has 1 aliphatic carbocycles. The Balaban J connectivity index is 2.16. The van der Waals surface area contributed by atoms with E-state index < -0.39 is 11.6 Å². The molecule has 5 heteroatoms. The fraction of sp³-hybridized carbons (Fsp3) is 0.533. The van der Waals surface area contributed by atoms with Crippen LogP contribution in [-0.4, -0.2) is 30.6 Å². The predicted molar refractivity (Wildman–Crippen MR) is 71.0 cm³/mol. The summed E-state index contributed by atoms with van der Waals surface area (Å²) in [7, 11) is 1.32. The maximum atomic E-state index is 13.7. The summed E-state index contributed by atoms with van der Waals surface area (Å²) in [5, 5.41) is 0. The van der Waals surface area contributed by atoms with E-state index in [1.807, 2.05) is 4.90 Å². The number of rotatable bonds is 5. The first-order valence-electron chi connectivity index (χ1n) is 6.85. The van der Waals surface area contributed by atoms with Gasteiger partial charge >= 0.3 is 5.97 Å². The van der Waals surface area contributed by atoms with E-state index in [0.717, 1.165) is 25.7 Å². The predicted octanol–water partition coefficient (Wildman–Crippen LogP) is 2.88. The summed E-state index contributed by atoms with van der Waals surface area (Å²) in [5.41, 5.74) is 0.0169. The van der Waals surface area contributed by atoms with Gasteiger partial charge in [-0.25, -0.2) is 8.78 Å². The van der Waals surface area contributed by atoms with Crippen LogP contribution in [0.1, 0.15) is 31.2 Å². The Morgan fingerprint density at radius 3 is 2.45 bits per heavy atom. The van der Waals surface area contributed by atoms with Gasteiger partial charge in [0.1, 0.15) is 11.6 Å². The number of hydrogen-bond acceptors (Lipinski definition) is 3. The molecular weight excluding hydrogens is 264 g/mol. The monoisotopic (exact) mass is 283 g/mol. The van der Waals surface area contributed by atoms with E-state index in [1.54, 1.807) is 0 Å². The van der Waals surface area contributed by atoms with E-state index in [1.165, 1.54) is 25.3 Å². The number of ether oxygens (including phenoxy) is 1. The third-order valence-electron chi connectivity index (χ3n) is 3.82. The van der Waals surface area contributed by atoms with E-state index in [-0.39, 0.29) is 30.7 Å². The Morgan fingerprint density at radius 1 is 1.30 bits per heavy atom. The van der Waals surface area contributed by atoms with Crippen molar-refractivity contribution in [2.24, 2.45) is 0 Å². The summed E-state index contributed by atoms with van der Waals surface area (Å²) in [6.45, 7) is 0.160. The van der Waals surface area contributed by atoms with Gasteiger partial charge in [0.05, 0.1) is 13.7 Å². The minimum absolute atomic E-state index is 0.0169. The lowest BCUT2D eigenvalue weighted by atomic mass is 10.1. The molecule has 0 aliphatic heterocycles. The Hall–Kier alpha value is -1.49. The molecule has 0 N–H and O–H groups in total. The maximum absolute atomic E-state index is 13.7. The fourth-order valence-corrected chi connectivity index (χ4v) is 2.70. The van der Waals surface area contributed by atoms with E-state index in [4.69, 9.17) is 0 Å². The molecule has 0 unspecified atom stereocenters.